The number of benzene rings is 2. The van der Waals surface area contributed by atoms with E-state index in [1.807, 2.05) is 0 Å². The molecule has 0 bridgehead atoms. The summed E-state index contributed by atoms with van der Waals surface area (Å²) in [6.45, 7) is 6.90. The van der Waals surface area contributed by atoms with Gasteiger partial charge in [0.15, 0.2) is 5.78 Å². The number of rotatable bonds is 10. The van der Waals surface area contributed by atoms with Crippen molar-refractivity contribution in [1.29, 1.82) is 0 Å². The minimum atomic E-state index is -1.02. The van der Waals surface area contributed by atoms with Crippen LogP contribution in [0.25, 0.3) is 0 Å². The maximum absolute atomic E-state index is 12.8. The predicted molar refractivity (Wildman–Crippen MR) is 122 cm³/mol. The number of hydrogen-bond donors (Lipinski definition) is 1. The lowest BCUT2D eigenvalue weighted by Crippen LogP contribution is -2.45. The minimum absolute atomic E-state index is 0.0164. The zero-order chi connectivity index (χ0) is 24.7. The maximum atomic E-state index is 12.8. The molecule has 0 aliphatic heterocycles. The number of hydrogen-bond acceptors (Lipinski definition) is 7. The van der Waals surface area contributed by atoms with Crippen molar-refractivity contribution < 1.29 is 28.8 Å². The van der Waals surface area contributed by atoms with Crippen molar-refractivity contribution >= 4 is 34.9 Å². The molecule has 0 spiro atoms. The average molecular weight is 477 g/mol. The van der Waals surface area contributed by atoms with Crippen molar-refractivity contribution in [2.45, 2.75) is 40.3 Å². The van der Waals surface area contributed by atoms with Gasteiger partial charge in [0, 0.05) is 22.8 Å². The second kappa shape index (κ2) is 11.4. The van der Waals surface area contributed by atoms with E-state index in [9.17, 15) is 24.5 Å². The lowest BCUT2D eigenvalue weighted by molar-refractivity contribution is -0.384. The van der Waals surface area contributed by atoms with Gasteiger partial charge >= 0.3 is 5.97 Å². The fourth-order valence-corrected chi connectivity index (χ4v) is 3.15. The number of carbonyl (C=O) groups excluding carboxylic acids is 3. The van der Waals surface area contributed by atoms with Crippen LogP contribution in [0.15, 0.2) is 36.4 Å². The van der Waals surface area contributed by atoms with Crippen LogP contribution in [0.4, 0.5) is 5.69 Å². The molecule has 0 aliphatic rings. The third-order valence-electron chi connectivity index (χ3n) is 4.75. The molecule has 2 aromatic rings. The van der Waals surface area contributed by atoms with Crippen molar-refractivity contribution in [3.8, 4) is 5.75 Å². The molecule has 2 rings (SSSR count). The third-order valence-corrected chi connectivity index (χ3v) is 5.07. The Morgan fingerprint density at radius 1 is 1.12 bits per heavy atom. The molecule has 0 saturated heterocycles. The molecule has 1 atom stereocenters. The van der Waals surface area contributed by atoms with Gasteiger partial charge in [0.2, 0.25) is 0 Å². The fraction of sp³-hybridized carbons (Fsp3) is 0.348. The second-order valence-electron chi connectivity index (χ2n) is 7.54. The van der Waals surface area contributed by atoms with Gasteiger partial charge in [-0.05, 0) is 50.1 Å². The number of Topliss-reactive ketones (excluding diaryl/α,β-unsaturated/α-hetero) is 1. The van der Waals surface area contributed by atoms with Crippen LogP contribution < -0.4 is 10.1 Å². The van der Waals surface area contributed by atoms with Crippen LogP contribution in [0, 0.1) is 16.0 Å². The summed E-state index contributed by atoms with van der Waals surface area (Å²) in [6.07, 6.45) is 0. The Balaban J connectivity index is 2.17. The molecule has 2 aromatic carbocycles. The summed E-state index contributed by atoms with van der Waals surface area (Å²) in [4.78, 5) is 47.5. The van der Waals surface area contributed by atoms with Gasteiger partial charge in [-0.1, -0.05) is 25.4 Å². The molecule has 10 heteroatoms. The van der Waals surface area contributed by atoms with Gasteiger partial charge in [-0.25, -0.2) is 4.79 Å². The number of amides is 1. The van der Waals surface area contributed by atoms with Crippen LogP contribution in [0.1, 0.15) is 54.0 Å². The van der Waals surface area contributed by atoms with Gasteiger partial charge in [0.05, 0.1) is 11.5 Å². The van der Waals surface area contributed by atoms with Gasteiger partial charge in [-0.3, -0.25) is 19.7 Å². The quantitative estimate of drug-likeness (QED) is 0.234. The van der Waals surface area contributed by atoms with Crippen molar-refractivity contribution in [2.75, 3.05) is 6.61 Å². The molecule has 33 heavy (non-hydrogen) atoms. The monoisotopic (exact) mass is 476 g/mol. The van der Waals surface area contributed by atoms with Gasteiger partial charge in [0.25, 0.3) is 11.6 Å². The maximum Gasteiger partial charge on any atom is 0.329 e. The summed E-state index contributed by atoms with van der Waals surface area (Å²) in [6, 6.07) is 7.46. The van der Waals surface area contributed by atoms with Gasteiger partial charge in [-0.2, -0.15) is 0 Å². The molecule has 9 nitrogen and oxygen atoms in total. The minimum Gasteiger partial charge on any atom is -0.493 e. The van der Waals surface area contributed by atoms with Crippen molar-refractivity contribution in [3.05, 3.63) is 68.2 Å². The SMILES string of the molecule is CCOc1ccc(C(C)=O)cc1COC(=O)[C@@H](NC(=O)c1ccc(Cl)c([N+](=O)[O-])c1)C(C)C. The highest BCUT2D eigenvalue weighted by Gasteiger charge is 2.27. The first-order valence-electron chi connectivity index (χ1n) is 10.2. The van der Waals surface area contributed by atoms with E-state index in [1.54, 1.807) is 39.0 Å². The largest absolute Gasteiger partial charge is 0.493 e. The highest BCUT2D eigenvalue weighted by atomic mass is 35.5. The van der Waals surface area contributed by atoms with E-state index in [2.05, 4.69) is 5.32 Å². The number of carbonyl (C=O) groups is 3. The normalized spacial score (nSPS) is 11.6. The Morgan fingerprint density at radius 3 is 2.36 bits per heavy atom. The number of halogens is 1. The number of nitro benzene ring substituents is 1. The van der Waals surface area contributed by atoms with E-state index in [0.29, 0.717) is 23.5 Å². The van der Waals surface area contributed by atoms with Crippen LogP contribution in [0.5, 0.6) is 5.75 Å². The number of nitrogens with zero attached hydrogens (tertiary/aromatic N) is 1. The molecule has 0 aliphatic carbocycles. The van der Waals surface area contributed by atoms with Crippen LogP contribution in [-0.4, -0.2) is 35.2 Å². The summed E-state index contributed by atoms with van der Waals surface area (Å²) < 4.78 is 11.0. The standard InChI is InChI=1S/C23H25ClN2O7/c1-5-32-20-9-7-15(14(4)27)10-17(20)12-33-23(29)21(13(2)3)25-22(28)16-6-8-18(24)19(11-16)26(30)31/h6-11,13,21H,5,12H2,1-4H3,(H,25,28)/t21-/m0/s1. The van der Waals surface area contributed by atoms with Crippen molar-refractivity contribution in [1.82, 2.24) is 5.32 Å². The summed E-state index contributed by atoms with van der Waals surface area (Å²) in [5, 5.41) is 13.5. The van der Waals surface area contributed by atoms with Crippen molar-refractivity contribution in [3.63, 3.8) is 0 Å². The molecule has 1 amide bonds. The molecule has 0 heterocycles. The zero-order valence-electron chi connectivity index (χ0n) is 18.7. The molecule has 0 saturated carbocycles. The number of nitrogens with one attached hydrogen (secondary N) is 1. The molecular weight excluding hydrogens is 452 g/mol. The molecule has 0 fully saturated rings. The Bertz CT molecular complexity index is 1070. The molecular formula is C23H25ClN2O7. The van der Waals surface area contributed by atoms with Crippen molar-refractivity contribution in [2.24, 2.45) is 5.92 Å². The van der Waals surface area contributed by atoms with Crippen LogP contribution in [0.2, 0.25) is 5.02 Å². The van der Waals surface area contributed by atoms with Crippen LogP contribution >= 0.6 is 11.6 Å². The molecule has 0 unspecified atom stereocenters. The van der Waals surface area contributed by atoms with E-state index < -0.39 is 28.5 Å². The number of nitro groups is 1. The molecule has 0 radical (unpaired) electrons. The Kier molecular flexibility index (Phi) is 8.93. The smallest absolute Gasteiger partial charge is 0.329 e. The Hall–Kier alpha value is -3.46. The topological polar surface area (TPSA) is 125 Å². The van der Waals surface area contributed by atoms with E-state index >= 15 is 0 Å². The fourth-order valence-electron chi connectivity index (χ4n) is 2.96. The van der Waals surface area contributed by atoms with Gasteiger partial charge in [0.1, 0.15) is 23.4 Å². The first kappa shape index (κ1) is 25.8. The lowest BCUT2D eigenvalue weighted by Gasteiger charge is -2.21. The Morgan fingerprint density at radius 2 is 1.79 bits per heavy atom. The third kappa shape index (κ3) is 6.76. The predicted octanol–water partition coefficient (Wildman–Crippen LogP) is 4.35. The zero-order valence-corrected chi connectivity index (χ0v) is 19.5. The molecule has 176 valence electrons. The van der Waals surface area contributed by atoms with Crippen LogP contribution in [-0.2, 0) is 16.1 Å². The van der Waals surface area contributed by atoms with E-state index in [1.165, 1.54) is 19.1 Å². The van der Waals surface area contributed by atoms with E-state index in [4.69, 9.17) is 21.1 Å². The number of ether oxygens (including phenoxy) is 2. The number of esters is 1. The summed E-state index contributed by atoms with van der Waals surface area (Å²) in [5.41, 5.74) is 0.529. The average Bonchev–Trinajstić information content (AvgIpc) is 2.76. The van der Waals surface area contributed by atoms with Gasteiger partial charge < -0.3 is 14.8 Å². The number of ketones is 1. The van der Waals surface area contributed by atoms with Crippen LogP contribution in [0.3, 0.4) is 0 Å². The van der Waals surface area contributed by atoms with E-state index in [-0.39, 0.29) is 28.9 Å². The lowest BCUT2D eigenvalue weighted by atomic mass is 10.0. The van der Waals surface area contributed by atoms with Gasteiger partial charge in [-0.15, -0.1) is 0 Å². The van der Waals surface area contributed by atoms with E-state index in [0.717, 1.165) is 6.07 Å². The first-order chi connectivity index (χ1) is 15.5. The molecule has 0 aromatic heterocycles. The summed E-state index contributed by atoms with van der Waals surface area (Å²) in [7, 11) is 0. The Labute approximate surface area is 196 Å². The highest BCUT2D eigenvalue weighted by Crippen LogP contribution is 2.25. The summed E-state index contributed by atoms with van der Waals surface area (Å²) >= 11 is 5.79. The summed E-state index contributed by atoms with van der Waals surface area (Å²) in [5.74, 6) is -1.38. The first-order valence-corrected chi connectivity index (χ1v) is 10.6. The second-order valence-corrected chi connectivity index (χ2v) is 7.95. The highest BCUT2D eigenvalue weighted by molar-refractivity contribution is 6.32. The molecule has 1 N–H and O–H groups in total.